The first-order valence-corrected chi connectivity index (χ1v) is 7.02. The molecule has 0 amide bonds. The Morgan fingerprint density at radius 3 is 2.83 bits per heavy atom. The van der Waals surface area contributed by atoms with Crippen LogP contribution >= 0.6 is 11.6 Å². The number of alkyl halides is 1. The summed E-state index contributed by atoms with van der Waals surface area (Å²) in [6.45, 7) is 7.29. The van der Waals surface area contributed by atoms with Gasteiger partial charge in [0.15, 0.2) is 0 Å². The topological polar surface area (TPSA) is 32.3 Å². The summed E-state index contributed by atoms with van der Waals surface area (Å²) in [7, 11) is 2.19. The fraction of sp³-hybridized carbons (Fsp3) is 0.692. The molecule has 2 rings (SSSR count). The summed E-state index contributed by atoms with van der Waals surface area (Å²) in [4.78, 5) is 13.7. The van der Waals surface area contributed by atoms with E-state index in [0.717, 1.165) is 43.3 Å². The molecule has 0 spiro atoms. The molecule has 1 aliphatic heterocycles. The maximum absolute atomic E-state index is 5.83. The van der Waals surface area contributed by atoms with Gasteiger partial charge in [-0.3, -0.25) is 4.90 Å². The molecular formula is C13H21ClN4. The van der Waals surface area contributed by atoms with Crippen LogP contribution in [0.2, 0.25) is 0 Å². The number of aromatic nitrogens is 2. The monoisotopic (exact) mass is 268 g/mol. The normalized spacial score (nSPS) is 21.3. The standard InChI is InChI=1S/C13H21ClN4/c1-4-12-9-18(6-5-17(12)3)13-15-8-11(7-14)10(2)16-13/h8,12H,4-7,9H2,1-3H3. The van der Waals surface area contributed by atoms with Crippen LogP contribution in [0.1, 0.15) is 24.6 Å². The van der Waals surface area contributed by atoms with Crippen LogP contribution in [0.4, 0.5) is 5.95 Å². The lowest BCUT2D eigenvalue weighted by molar-refractivity contribution is 0.212. The van der Waals surface area contributed by atoms with Gasteiger partial charge in [0.2, 0.25) is 5.95 Å². The molecule has 0 aromatic carbocycles. The summed E-state index contributed by atoms with van der Waals surface area (Å²) < 4.78 is 0. The molecule has 1 aromatic heterocycles. The number of aryl methyl sites for hydroxylation is 1. The van der Waals surface area contributed by atoms with E-state index in [4.69, 9.17) is 11.6 Å². The maximum Gasteiger partial charge on any atom is 0.225 e. The highest BCUT2D eigenvalue weighted by molar-refractivity contribution is 6.17. The number of rotatable bonds is 3. The van der Waals surface area contributed by atoms with Gasteiger partial charge in [-0.1, -0.05) is 6.92 Å². The predicted octanol–water partition coefficient (Wildman–Crippen LogP) is 2.05. The van der Waals surface area contributed by atoms with Crippen LogP contribution in [-0.2, 0) is 5.88 Å². The van der Waals surface area contributed by atoms with E-state index < -0.39 is 0 Å². The van der Waals surface area contributed by atoms with Crippen molar-refractivity contribution >= 4 is 17.5 Å². The van der Waals surface area contributed by atoms with E-state index in [1.165, 1.54) is 0 Å². The number of likely N-dealkylation sites (N-methyl/N-ethyl adjacent to an activating group) is 1. The zero-order valence-electron chi connectivity index (χ0n) is 11.4. The summed E-state index contributed by atoms with van der Waals surface area (Å²) in [6.07, 6.45) is 3.01. The molecule has 1 fully saturated rings. The van der Waals surface area contributed by atoms with Crippen molar-refractivity contribution in [3.63, 3.8) is 0 Å². The molecule has 0 radical (unpaired) electrons. The molecule has 1 saturated heterocycles. The zero-order valence-corrected chi connectivity index (χ0v) is 12.1. The fourth-order valence-electron chi connectivity index (χ4n) is 2.33. The van der Waals surface area contributed by atoms with Crippen molar-refractivity contribution in [3.8, 4) is 0 Å². The van der Waals surface area contributed by atoms with Gasteiger partial charge in [0.1, 0.15) is 0 Å². The van der Waals surface area contributed by atoms with Crippen molar-refractivity contribution in [2.75, 3.05) is 31.6 Å². The maximum atomic E-state index is 5.83. The Balaban J connectivity index is 2.14. The van der Waals surface area contributed by atoms with Gasteiger partial charge >= 0.3 is 0 Å². The molecule has 18 heavy (non-hydrogen) atoms. The number of piperazine rings is 1. The average Bonchev–Trinajstić information content (AvgIpc) is 2.39. The van der Waals surface area contributed by atoms with Crippen LogP contribution in [-0.4, -0.2) is 47.6 Å². The molecule has 0 aliphatic carbocycles. The lowest BCUT2D eigenvalue weighted by atomic mass is 10.1. The quantitative estimate of drug-likeness (QED) is 0.786. The summed E-state index contributed by atoms with van der Waals surface area (Å²) in [5.74, 6) is 1.32. The molecule has 5 heteroatoms. The van der Waals surface area contributed by atoms with Gasteiger partial charge < -0.3 is 4.90 Å². The van der Waals surface area contributed by atoms with Crippen molar-refractivity contribution in [1.82, 2.24) is 14.9 Å². The van der Waals surface area contributed by atoms with Gasteiger partial charge in [-0.05, 0) is 20.4 Å². The second kappa shape index (κ2) is 5.85. The van der Waals surface area contributed by atoms with Gasteiger partial charge in [-0.25, -0.2) is 9.97 Å². The van der Waals surface area contributed by atoms with E-state index in [1.54, 1.807) is 0 Å². The van der Waals surface area contributed by atoms with E-state index in [1.807, 2.05) is 13.1 Å². The van der Waals surface area contributed by atoms with E-state index in [-0.39, 0.29) is 0 Å². The van der Waals surface area contributed by atoms with Crippen LogP contribution in [0.25, 0.3) is 0 Å². The summed E-state index contributed by atoms with van der Waals surface area (Å²) in [5, 5.41) is 0. The Kier molecular flexibility index (Phi) is 4.40. The van der Waals surface area contributed by atoms with Gasteiger partial charge in [0.05, 0.1) is 5.88 Å². The third-order valence-electron chi connectivity index (χ3n) is 3.74. The SMILES string of the molecule is CCC1CN(c2ncc(CCl)c(C)n2)CCN1C. The highest BCUT2D eigenvalue weighted by Crippen LogP contribution is 2.17. The lowest BCUT2D eigenvalue weighted by Crippen LogP contribution is -2.51. The van der Waals surface area contributed by atoms with Crippen molar-refractivity contribution in [3.05, 3.63) is 17.5 Å². The molecule has 0 bridgehead atoms. The van der Waals surface area contributed by atoms with Crippen molar-refractivity contribution in [2.24, 2.45) is 0 Å². The van der Waals surface area contributed by atoms with Crippen LogP contribution in [0.3, 0.4) is 0 Å². The molecule has 0 N–H and O–H groups in total. The van der Waals surface area contributed by atoms with Gasteiger partial charge in [-0.15, -0.1) is 11.6 Å². The third-order valence-corrected chi connectivity index (χ3v) is 4.03. The van der Waals surface area contributed by atoms with Gasteiger partial charge in [0, 0.05) is 43.1 Å². The van der Waals surface area contributed by atoms with Crippen LogP contribution < -0.4 is 4.90 Å². The minimum absolute atomic E-state index is 0.479. The molecule has 0 saturated carbocycles. The van der Waals surface area contributed by atoms with Crippen molar-refractivity contribution in [1.29, 1.82) is 0 Å². The largest absolute Gasteiger partial charge is 0.338 e. The molecule has 100 valence electrons. The molecule has 4 nitrogen and oxygen atoms in total. The summed E-state index contributed by atoms with van der Waals surface area (Å²) >= 11 is 5.83. The minimum atomic E-state index is 0.479. The molecule has 1 aromatic rings. The Morgan fingerprint density at radius 1 is 1.44 bits per heavy atom. The van der Waals surface area contributed by atoms with E-state index >= 15 is 0 Å². The lowest BCUT2D eigenvalue weighted by Gasteiger charge is -2.39. The van der Waals surface area contributed by atoms with Crippen molar-refractivity contribution in [2.45, 2.75) is 32.2 Å². The zero-order chi connectivity index (χ0) is 13.1. The number of hydrogen-bond donors (Lipinski definition) is 0. The Hall–Kier alpha value is -0.870. The molecular weight excluding hydrogens is 248 g/mol. The number of nitrogens with zero attached hydrogens (tertiary/aromatic N) is 4. The highest BCUT2D eigenvalue weighted by Gasteiger charge is 2.24. The highest BCUT2D eigenvalue weighted by atomic mass is 35.5. The minimum Gasteiger partial charge on any atom is -0.338 e. The molecule has 1 unspecified atom stereocenters. The third kappa shape index (κ3) is 2.75. The van der Waals surface area contributed by atoms with E-state index in [0.29, 0.717) is 11.9 Å². The fourth-order valence-corrected chi connectivity index (χ4v) is 2.59. The predicted molar refractivity (Wildman–Crippen MR) is 75.2 cm³/mol. The Bertz CT molecular complexity index is 410. The molecule has 1 aliphatic rings. The van der Waals surface area contributed by atoms with Gasteiger partial charge in [0.25, 0.3) is 0 Å². The number of hydrogen-bond acceptors (Lipinski definition) is 4. The Labute approximate surface area is 114 Å². The average molecular weight is 269 g/mol. The van der Waals surface area contributed by atoms with Crippen molar-refractivity contribution < 1.29 is 0 Å². The van der Waals surface area contributed by atoms with Crippen LogP contribution in [0.15, 0.2) is 6.20 Å². The first kappa shape index (κ1) is 13.6. The van der Waals surface area contributed by atoms with Crippen LogP contribution in [0.5, 0.6) is 0 Å². The van der Waals surface area contributed by atoms with E-state index in [9.17, 15) is 0 Å². The van der Waals surface area contributed by atoms with Crippen LogP contribution in [0, 0.1) is 6.92 Å². The first-order chi connectivity index (χ1) is 8.65. The van der Waals surface area contributed by atoms with Gasteiger partial charge in [-0.2, -0.15) is 0 Å². The Morgan fingerprint density at radius 2 is 2.22 bits per heavy atom. The summed E-state index contributed by atoms with van der Waals surface area (Å²) in [5.41, 5.74) is 2.00. The second-order valence-electron chi connectivity index (χ2n) is 4.90. The second-order valence-corrected chi connectivity index (χ2v) is 5.17. The smallest absolute Gasteiger partial charge is 0.225 e. The molecule has 1 atom stereocenters. The molecule has 2 heterocycles. The first-order valence-electron chi connectivity index (χ1n) is 6.49. The summed E-state index contributed by atoms with van der Waals surface area (Å²) in [6, 6.07) is 0.593. The number of halogens is 1. The van der Waals surface area contributed by atoms with E-state index in [2.05, 4.69) is 33.7 Å². The number of anilines is 1.